The molecular weight excluding hydrogens is 322 g/mol. The molecule has 0 radical (unpaired) electrons. The summed E-state index contributed by atoms with van der Waals surface area (Å²) in [4.78, 5) is 28.6. The molecule has 24 heavy (non-hydrogen) atoms. The van der Waals surface area contributed by atoms with E-state index in [2.05, 4.69) is 6.58 Å². The predicted octanol–water partition coefficient (Wildman–Crippen LogP) is 3.74. The van der Waals surface area contributed by atoms with Gasteiger partial charge in [0.1, 0.15) is 0 Å². The summed E-state index contributed by atoms with van der Waals surface area (Å²) < 4.78 is 5.36. The smallest absolute Gasteiger partial charge is 0.337 e. The van der Waals surface area contributed by atoms with Gasteiger partial charge in [0.2, 0.25) is 0 Å². The van der Waals surface area contributed by atoms with Crippen molar-refractivity contribution in [2.75, 3.05) is 6.61 Å². The van der Waals surface area contributed by atoms with E-state index in [1.54, 1.807) is 35.3 Å². The first-order valence-electron chi connectivity index (χ1n) is 7.87. The molecule has 0 aliphatic carbocycles. The molecule has 0 fully saturated rings. The lowest BCUT2D eigenvalue weighted by molar-refractivity contribution is -0.156. The van der Waals surface area contributed by atoms with Crippen molar-refractivity contribution in [2.24, 2.45) is 0 Å². The number of ether oxygens (including phenoxy) is 1. The molecule has 2 heterocycles. The summed E-state index contributed by atoms with van der Waals surface area (Å²) in [7, 11) is 0. The number of thiophene rings is 1. The third kappa shape index (κ3) is 2.45. The summed E-state index contributed by atoms with van der Waals surface area (Å²) in [6.45, 7) is 6.21. The van der Waals surface area contributed by atoms with Gasteiger partial charge in [0.05, 0.1) is 13.2 Å². The fraction of sp³-hybridized carbons (Fsp3) is 0.263. The molecule has 1 unspecified atom stereocenters. The number of esters is 1. The Morgan fingerprint density at radius 2 is 2.12 bits per heavy atom. The highest BCUT2D eigenvalue weighted by atomic mass is 32.1. The Morgan fingerprint density at radius 1 is 1.33 bits per heavy atom. The van der Waals surface area contributed by atoms with E-state index in [1.165, 1.54) is 0 Å². The minimum Gasteiger partial charge on any atom is -0.464 e. The first kappa shape index (κ1) is 16.5. The molecule has 0 spiro atoms. The van der Waals surface area contributed by atoms with Crippen LogP contribution in [0.1, 0.15) is 34.1 Å². The zero-order valence-electron chi connectivity index (χ0n) is 13.5. The van der Waals surface area contributed by atoms with Crippen molar-refractivity contribution in [3.05, 3.63) is 70.4 Å². The maximum Gasteiger partial charge on any atom is 0.337 e. The van der Waals surface area contributed by atoms with Crippen LogP contribution in [0.5, 0.6) is 0 Å². The predicted molar refractivity (Wildman–Crippen MR) is 93.8 cm³/mol. The topological polar surface area (TPSA) is 46.6 Å². The van der Waals surface area contributed by atoms with Crippen LogP contribution in [-0.4, -0.2) is 23.4 Å². The maximum atomic E-state index is 13.0. The van der Waals surface area contributed by atoms with E-state index in [4.69, 9.17) is 4.74 Å². The molecule has 4 nitrogen and oxygen atoms in total. The molecule has 124 valence electrons. The molecule has 1 amide bonds. The van der Waals surface area contributed by atoms with Gasteiger partial charge in [-0.15, -0.1) is 17.9 Å². The first-order chi connectivity index (χ1) is 11.6. The van der Waals surface area contributed by atoms with E-state index in [0.29, 0.717) is 24.1 Å². The van der Waals surface area contributed by atoms with Gasteiger partial charge in [-0.3, -0.25) is 4.79 Å². The number of benzene rings is 1. The van der Waals surface area contributed by atoms with Crippen molar-refractivity contribution in [3.63, 3.8) is 0 Å². The van der Waals surface area contributed by atoms with Crippen LogP contribution < -0.4 is 0 Å². The van der Waals surface area contributed by atoms with Crippen LogP contribution in [0.25, 0.3) is 0 Å². The average Bonchev–Trinajstić information content (AvgIpc) is 3.17. The fourth-order valence-electron chi connectivity index (χ4n) is 3.24. The molecule has 0 bridgehead atoms. The third-order valence-electron chi connectivity index (χ3n) is 4.26. The van der Waals surface area contributed by atoms with E-state index in [0.717, 1.165) is 4.88 Å². The number of carbonyl (C=O) groups is 2. The van der Waals surface area contributed by atoms with Crippen molar-refractivity contribution in [2.45, 2.75) is 25.4 Å². The van der Waals surface area contributed by atoms with Crippen molar-refractivity contribution in [1.82, 2.24) is 4.90 Å². The molecule has 1 aliphatic heterocycles. The highest BCUT2D eigenvalue weighted by Crippen LogP contribution is 2.44. The van der Waals surface area contributed by atoms with Crippen molar-refractivity contribution < 1.29 is 14.3 Å². The third-order valence-corrected chi connectivity index (χ3v) is 5.12. The zero-order valence-corrected chi connectivity index (χ0v) is 14.3. The Kier molecular flexibility index (Phi) is 4.53. The van der Waals surface area contributed by atoms with E-state index in [9.17, 15) is 9.59 Å². The molecule has 1 aliphatic rings. The first-order valence-corrected chi connectivity index (χ1v) is 8.75. The number of hydrogen-bond donors (Lipinski definition) is 0. The Hall–Kier alpha value is -2.40. The largest absolute Gasteiger partial charge is 0.464 e. The Labute approximate surface area is 145 Å². The van der Waals surface area contributed by atoms with Gasteiger partial charge >= 0.3 is 5.97 Å². The molecule has 0 N–H and O–H groups in total. The second-order valence-corrected chi connectivity index (χ2v) is 6.62. The lowest BCUT2D eigenvalue weighted by atomic mass is 9.86. The molecule has 3 rings (SSSR count). The van der Waals surface area contributed by atoms with E-state index in [-0.39, 0.29) is 12.5 Å². The van der Waals surface area contributed by atoms with E-state index < -0.39 is 11.5 Å². The van der Waals surface area contributed by atoms with Gasteiger partial charge in [0.15, 0.2) is 5.54 Å². The number of fused-ring (bicyclic) bond motifs is 1. The lowest BCUT2D eigenvalue weighted by Gasteiger charge is -2.36. The summed E-state index contributed by atoms with van der Waals surface area (Å²) in [6, 6.07) is 11.2. The normalized spacial score (nSPS) is 19.2. The molecule has 1 atom stereocenters. The molecule has 0 saturated heterocycles. The average molecular weight is 341 g/mol. The van der Waals surface area contributed by atoms with Gasteiger partial charge in [-0.25, -0.2) is 4.79 Å². The Bertz CT molecular complexity index is 769. The number of hydrogen-bond acceptors (Lipinski definition) is 4. The SMILES string of the molecule is C=CCC1(C(=O)OCC)c2ccccc2C(=O)N1Cc1cccs1. The quantitative estimate of drug-likeness (QED) is 0.594. The summed E-state index contributed by atoms with van der Waals surface area (Å²) in [5, 5.41) is 1.96. The van der Waals surface area contributed by atoms with Crippen LogP contribution in [0.3, 0.4) is 0 Å². The van der Waals surface area contributed by atoms with E-state index in [1.807, 2.05) is 35.7 Å². The van der Waals surface area contributed by atoms with Gasteiger partial charge < -0.3 is 9.64 Å². The van der Waals surface area contributed by atoms with Crippen LogP contribution in [0.15, 0.2) is 54.4 Å². The van der Waals surface area contributed by atoms with Gasteiger partial charge in [-0.05, 0) is 24.4 Å². The van der Waals surface area contributed by atoms with Crippen molar-refractivity contribution in [1.29, 1.82) is 0 Å². The van der Waals surface area contributed by atoms with Crippen molar-refractivity contribution in [3.8, 4) is 0 Å². The van der Waals surface area contributed by atoms with Gasteiger partial charge in [-0.2, -0.15) is 0 Å². The second-order valence-electron chi connectivity index (χ2n) is 5.59. The number of nitrogens with zero attached hydrogens (tertiary/aromatic N) is 1. The summed E-state index contributed by atoms with van der Waals surface area (Å²) in [5.74, 6) is -0.548. The standard InChI is InChI=1S/C19H19NO3S/c1-3-11-19(18(22)23-4-2)16-10-6-5-9-15(16)17(21)20(19)13-14-8-7-12-24-14/h3,5-10,12H,1,4,11,13H2,2H3. The summed E-state index contributed by atoms with van der Waals surface area (Å²) in [6.07, 6.45) is 1.99. The van der Waals surface area contributed by atoms with Gasteiger partial charge in [0, 0.05) is 22.4 Å². The van der Waals surface area contributed by atoms with Gasteiger partial charge in [-0.1, -0.05) is 30.3 Å². The lowest BCUT2D eigenvalue weighted by Crippen LogP contribution is -2.50. The fourth-order valence-corrected chi connectivity index (χ4v) is 3.94. The molecular formula is C19H19NO3S. The van der Waals surface area contributed by atoms with Crippen LogP contribution in [0.2, 0.25) is 0 Å². The number of rotatable bonds is 6. The van der Waals surface area contributed by atoms with Crippen LogP contribution >= 0.6 is 11.3 Å². The van der Waals surface area contributed by atoms with Crippen molar-refractivity contribution >= 4 is 23.2 Å². The minimum absolute atomic E-state index is 0.145. The minimum atomic E-state index is -1.14. The van der Waals surface area contributed by atoms with Crippen LogP contribution in [-0.2, 0) is 21.6 Å². The monoisotopic (exact) mass is 341 g/mol. The Morgan fingerprint density at radius 3 is 2.79 bits per heavy atom. The maximum absolute atomic E-state index is 13.0. The number of amides is 1. The summed E-state index contributed by atoms with van der Waals surface area (Å²) in [5.41, 5.74) is 0.115. The van der Waals surface area contributed by atoms with E-state index >= 15 is 0 Å². The highest BCUT2D eigenvalue weighted by Gasteiger charge is 2.55. The molecule has 1 aromatic heterocycles. The zero-order chi connectivity index (χ0) is 17.2. The number of carbonyl (C=O) groups excluding carboxylic acids is 2. The van der Waals surface area contributed by atoms with Crippen LogP contribution in [0.4, 0.5) is 0 Å². The molecule has 2 aromatic rings. The second kappa shape index (κ2) is 6.61. The summed E-state index contributed by atoms with van der Waals surface area (Å²) >= 11 is 1.56. The molecule has 5 heteroatoms. The molecule has 1 aromatic carbocycles. The Balaban J connectivity index is 2.15. The highest BCUT2D eigenvalue weighted by molar-refractivity contribution is 7.09. The van der Waals surface area contributed by atoms with Gasteiger partial charge in [0.25, 0.3) is 5.91 Å². The molecule has 0 saturated carbocycles. The van der Waals surface area contributed by atoms with Crippen LogP contribution in [0, 0.1) is 0 Å².